The second-order valence-electron chi connectivity index (χ2n) is 4.54. The lowest BCUT2D eigenvalue weighted by Crippen LogP contribution is -2.05. The molecule has 19 heavy (non-hydrogen) atoms. The quantitative estimate of drug-likeness (QED) is 0.393. The molecule has 0 spiro atoms. The molecule has 0 bridgehead atoms. The van der Waals surface area contributed by atoms with Crippen LogP contribution in [0.25, 0.3) is 11.1 Å². The van der Waals surface area contributed by atoms with Crippen LogP contribution in [0.3, 0.4) is 0 Å². The van der Waals surface area contributed by atoms with Gasteiger partial charge in [0.15, 0.2) is 0 Å². The zero-order valence-electron chi connectivity index (χ0n) is 10.7. The Kier molecular flexibility index (Phi) is 2.92. The van der Waals surface area contributed by atoms with Crippen molar-refractivity contribution in [2.24, 2.45) is 0 Å². The van der Waals surface area contributed by atoms with E-state index < -0.39 is 0 Å². The summed E-state index contributed by atoms with van der Waals surface area (Å²) in [6, 6.07) is 14.2. The third kappa shape index (κ3) is 2.06. The van der Waals surface area contributed by atoms with E-state index in [2.05, 4.69) is 18.2 Å². The van der Waals surface area contributed by atoms with Crippen LogP contribution in [0.5, 0.6) is 5.75 Å². The predicted molar refractivity (Wildman–Crippen MR) is 75.1 cm³/mol. The van der Waals surface area contributed by atoms with Crippen molar-refractivity contribution >= 4 is 5.97 Å². The molecule has 2 aromatic rings. The Bertz CT molecular complexity index is 669. The lowest BCUT2D eigenvalue weighted by atomic mass is 10.1. The highest BCUT2D eigenvalue weighted by Gasteiger charge is 2.21. The number of benzene rings is 2. The Morgan fingerprint density at radius 3 is 2.74 bits per heavy atom. The van der Waals surface area contributed by atoms with Gasteiger partial charge >= 0.3 is 5.97 Å². The molecule has 2 aromatic carbocycles. The van der Waals surface area contributed by atoms with Crippen LogP contribution in [-0.2, 0) is 11.2 Å². The molecule has 1 aliphatic rings. The van der Waals surface area contributed by atoms with Gasteiger partial charge in [-0.15, -0.1) is 0 Å². The average Bonchev–Trinajstić information content (AvgIpc) is 2.79. The summed E-state index contributed by atoms with van der Waals surface area (Å²) in [4.78, 5) is 11.6. The third-order valence-electron chi connectivity index (χ3n) is 3.32. The maximum atomic E-state index is 11.6. The topological polar surface area (TPSA) is 26.3 Å². The smallest absolute Gasteiger partial charge is 0.335 e. The molecule has 2 heteroatoms. The Balaban J connectivity index is 2.01. The molecule has 0 saturated carbocycles. The summed E-state index contributed by atoms with van der Waals surface area (Å²) >= 11 is 0. The van der Waals surface area contributed by atoms with Gasteiger partial charge in [0.2, 0.25) is 0 Å². The Labute approximate surface area is 112 Å². The largest absolute Gasteiger partial charge is 0.423 e. The molecule has 0 heterocycles. The molecule has 0 atom stereocenters. The number of hydrogen-bond acceptors (Lipinski definition) is 2. The molecular weight excluding hydrogens is 236 g/mol. The van der Waals surface area contributed by atoms with Crippen LogP contribution in [0.2, 0.25) is 0 Å². The molecule has 0 N–H and O–H groups in total. The summed E-state index contributed by atoms with van der Waals surface area (Å²) < 4.78 is 5.40. The number of carbonyl (C=O) groups excluding carboxylic acids is 1. The van der Waals surface area contributed by atoms with Gasteiger partial charge in [-0.1, -0.05) is 42.5 Å². The lowest BCUT2D eigenvalue weighted by Gasteiger charge is -2.07. The molecule has 3 rings (SSSR count). The van der Waals surface area contributed by atoms with Crippen molar-refractivity contribution in [3.05, 3.63) is 65.7 Å². The zero-order valence-corrected chi connectivity index (χ0v) is 10.7. The molecular formula is C17H14O2. The van der Waals surface area contributed by atoms with Gasteiger partial charge in [-0.3, -0.25) is 0 Å². The molecule has 94 valence electrons. The van der Waals surface area contributed by atoms with Crippen molar-refractivity contribution < 1.29 is 9.53 Å². The summed E-state index contributed by atoms with van der Waals surface area (Å²) in [5.41, 5.74) is 4.79. The number of rotatable bonds is 2. The van der Waals surface area contributed by atoms with Gasteiger partial charge < -0.3 is 4.74 Å². The molecule has 2 nitrogen and oxygen atoms in total. The van der Waals surface area contributed by atoms with E-state index in [0.717, 1.165) is 12.0 Å². The molecule has 0 aromatic heterocycles. The van der Waals surface area contributed by atoms with Crippen molar-refractivity contribution in [3.8, 4) is 16.9 Å². The number of fused-ring (bicyclic) bond motifs is 3. The van der Waals surface area contributed by atoms with Gasteiger partial charge in [0, 0.05) is 18.1 Å². The molecule has 0 unspecified atom stereocenters. The van der Waals surface area contributed by atoms with Crippen LogP contribution in [0, 0.1) is 0 Å². The van der Waals surface area contributed by atoms with Crippen molar-refractivity contribution in [2.75, 3.05) is 0 Å². The molecule has 0 fully saturated rings. The van der Waals surface area contributed by atoms with Crippen LogP contribution in [0.1, 0.15) is 18.1 Å². The van der Waals surface area contributed by atoms with Crippen molar-refractivity contribution in [1.82, 2.24) is 0 Å². The normalized spacial score (nSPS) is 12.3. The Morgan fingerprint density at radius 2 is 1.89 bits per heavy atom. The standard InChI is InChI=1S/C17H14O2/c1-2-6-17(18)19-16-10-5-9-14-13-8-4-3-7-12(13)11-15(14)16/h2-10H,11H2,1H3/b6-2+. The van der Waals surface area contributed by atoms with E-state index >= 15 is 0 Å². The van der Waals surface area contributed by atoms with Gasteiger partial charge in [0.1, 0.15) is 5.75 Å². The maximum absolute atomic E-state index is 11.6. The zero-order chi connectivity index (χ0) is 13.2. The molecule has 1 aliphatic carbocycles. The van der Waals surface area contributed by atoms with Gasteiger partial charge in [-0.25, -0.2) is 4.79 Å². The maximum Gasteiger partial charge on any atom is 0.335 e. The average molecular weight is 250 g/mol. The van der Waals surface area contributed by atoms with E-state index in [9.17, 15) is 4.79 Å². The fraction of sp³-hybridized carbons (Fsp3) is 0.118. The minimum Gasteiger partial charge on any atom is -0.423 e. The van der Waals surface area contributed by atoms with Gasteiger partial charge in [0.05, 0.1) is 0 Å². The van der Waals surface area contributed by atoms with Crippen LogP contribution in [0.15, 0.2) is 54.6 Å². The highest BCUT2D eigenvalue weighted by molar-refractivity contribution is 5.86. The lowest BCUT2D eigenvalue weighted by molar-refractivity contribution is -0.129. The van der Waals surface area contributed by atoms with Crippen LogP contribution >= 0.6 is 0 Å². The van der Waals surface area contributed by atoms with E-state index in [1.54, 1.807) is 13.0 Å². The first-order valence-corrected chi connectivity index (χ1v) is 6.34. The number of carbonyl (C=O) groups is 1. The van der Waals surface area contributed by atoms with Crippen molar-refractivity contribution in [3.63, 3.8) is 0 Å². The number of hydrogen-bond donors (Lipinski definition) is 0. The summed E-state index contributed by atoms with van der Waals surface area (Å²) in [6.07, 6.45) is 3.94. The fourth-order valence-corrected chi connectivity index (χ4v) is 2.50. The summed E-state index contributed by atoms with van der Waals surface area (Å²) in [7, 11) is 0. The Hall–Kier alpha value is -2.35. The van der Waals surface area contributed by atoms with Gasteiger partial charge in [0.25, 0.3) is 0 Å². The van der Waals surface area contributed by atoms with Gasteiger partial charge in [-0.05, 0) is 29.7 Å². The number of esters is 1. The first-order chi connectivity index (χ1) is 9.29. The van der Waals surface area contributed by atoms with Crippen molar-refractivity contribution in [2.45, 2.75) is 13.3 Å². The number of ether oxygens (including phenoxy) is 1. The fourth-order valence-electron chi connectivity index (χ4n) is 2.50. The summed E-state index contributed by atoms with van der Waals surface area (Å²) in [5, 5.41) is 0. The van der Waals surface area contributed by atoms with Crippen LogP contribution < -0.4 is 4.74 Å². The SMILES string of the molecule is C/C=C/C(=O)Oc1cccc2c1Cc1ccccc1-2. The Morgan fingerprint density at radius 1 is 1.11 bits per heavy atom. The molecule has 0 amide bonds. The first-order valence-electron chi connectivity index (χ1n) is 6.34. The van der Waals surface area contributed by atoms with E-state index in [0.29, 0.717) is 5.75 Å². The second kappa shape index (κ2) is 4.73. The molecule has 0 saturated heterocycles. The summed E-state index contributed by atoms with van der Waals surface area (Å²) in [6.45, 7) is 1.80. The van der Waals surface area contributed by atoms with E-state index in [1.807, 2.05) is 24.3 Å². The van der Waals surface area contributed by atoms with E-state index in [4.69, 9.17) is 4.74 Å². The van der Waals surface area contributed by atoms with Crippen LogP contribution in [-0.4, -0.2) is 5.97 Å². The second-order valence-corrected chi connectivity index (χ2v) is 4.54. The predicted octanol–water partition coefficient (Wildman–Crippen LogP) is 3.74. The van der Waals surface area contributed by atoms with Gasteiger partial charge in [-0.2, -0.15) is 0 Å². The van der Waals surface area contributed by atoms with Crippen LogP contribution in [0.4, 0.5) is 0 Å². The third-order valence-corrected chi connectivity index (χ3v) is 3.32. The minimum atomic E-state index is -0.327. The first kappa shape index (κ1) is 11.7. The monoisotopic (exact) mass is 250 g/mol. The highest BCUT2D eigenvalue weighted by atomic mass is 16.5. The van der Waals surface area contributed by atoms with Crippen molar-refractivity contribution in [1.29, 1.82) is 0 Å². The number of allylic oxidation sites excluding steroid dienone is 1. The summed E-state index contributed by atoms with van der Waals surface area (Å²) in [5.74, 6) is 0.337. The minimum absolute atomic E-state index is 0.327. The molecule has 0 radical (unpaired) electrons. The van der Waals surface area contributed by atoms with E-state index in [-0.39, 0.29) is 5.97 Å². The molecule has 0 aliphatic heterocycles. The highest BCUT2D eigenvalue weighted by Crippen LogP contribution is 2.40. The van der Waals surface area contributed by atoms with E-state index in [1.165, 1.54) is 22.8 Å².